The molecular weight excluding hydrogens is 566 g/mol. The number of carbonyl (C=O) groups excluding carboxylic acids is 4. The van der Waals surface area contributed by atoms with Crippen LogP contribution < -0.4 is 5.32 Å². The average molecular weight is 618 g/mol. The average Bonchev–Trinajstić information content (AvgIpc) is 3.00. The van der Waals surface area contributed by atoms with Gasteiger partial charge in [-0.15, -0.1) is 0 Å². The number of nitrogens with one attached hydrogen (secondary N) is 1. The maximum Gasteiger partial charge on any atom is 0.396 e. The molecule has 5 aliphatic rings. The van der Waals surface area contributed by atoms with Crippen molar-refractivity contribution in [1.82, 2.24) is 5.32 Å². The summed E-state index contributed by atoms with van der Waals surface area (Å²) < 4.78 is 10.5. The van der Waals surface area contributed by atoms with E-state index in [1.807, 2.05) is 36.4 Å². The molecule has 1 amide bonds. The Morgan fingerprint density at radius 3 is 2.27 bits per heavy atom. The van der Waals surface area contributed by atoms with E-state index in [0.717, 1.165) is 63.4 Å². The Bertz CT molecular complexity index is 1400. The summed E-state index contributed by atoms with van der Waals surface area (Å²) in [6, 6.07) is 9.68. The Morgan fingerprint density at radius 2 is 1.56 bits per heavy atom. The van der Waals surface area contributed by atoms with Crippen LogP contribution >= 0.6 is 0 Å². The van der Waals surface area contributed by atoms with E-state index in [9.17, 15) is 19.2 Å². The van der Waals surface area contributed by atoms with Crippen molar-refractivity contribution >= 4 is 23.6 Å². The number of benzene rings is 1. The van der Waals surface area contributed by atoms with E-state index in [1.165, 1.54) is 12.7 Å². The van der Waals surface area contributed by atoms with Crippen molar-refractivity contribution in [3.63, 3.8) is 0 Å². The molecule has 0 aliphatic heterocycles. The number of fused-ring (bicyclic) bond motifs is 7. The van der Waals surface area contributed by atoms with Gasteiger partial charge in [-0.2, -0.15) is 0 Å². The number of amides is 1. The summed E-state index contributed by atoms with van der Waals surface area (Å²) in [5.74, 6) is -0.878. The van der Waals surface area contributed by atoms with Crippen molar-refractivity contribution in [1.29, 1.82) is 0 Å². The Labute approximate surface area is 268 Å². The van der Waals surface area contributed by atoms with Crippen LogP contribution in [0.1, 0.15) is 98.0 Å². The first-order valence-corrected chi connectivity index (χ1v) is 17.1. The molecule has 5 aliphatic carbocycles. The first-order valence-electron chi connectivity index (χ1n) is 17.1. The molecule has 7 heteroatoms. The first-order chi connectivity index (χ1) is 21.2. The Kier molecular flexibility index (Phi) is 8.09. The standard InChI is InChI=1S/C38H51NO6/c1-35(2)29-14-18-37(4)26-13-17-36(3)16-12-24(33(42)45-22-23-10-8-7-9-11-23)20-27(36)25(26)21-28(40)31(37)38(29,5)19-15-30(35)39-32(41)34(43)44-6/h7-11,21,24,26-27,29-31H,12-20,22H2,1-6H3,(H,39,41). The van der Waals surface area contributed by atoms with Crippen molar-refractivity contribution in [2.45, 2.75) is 105 Å². The van der Waals surface area contributed by atoms with E-state index in [2.05, 4.69) is 44.7 Å². The number of carbonyl (C=O) groups is 4. The van der Waals surface area contributed by atoms with Gasteiger partial charge >= 0.3 is 17.8 Å². The summed E-state index contributed by atoms with van der Waals surface area (Å²) in [4.78, 5) is 52.2. The third-order valence-electron chi connectivity index (χ3n) is 13.7. The van der Waals surface area contributed by atoms with Crippen LogP contribution in [-0.4, -0.2) is 36.8 Å². The van der Waals surface area contributed by atoms with E-state index in [0.29, 0.717) is 12.5 Å². The minimum Gasteiger partial charge on any atom is -0.462 e. The highest BCUT2D eigenvalue weighted by atomic mass is 16.5. The van der Waals surface area contributed by atoms with E-state index in [4.69, 9.17) is 4.74 Å². The molecule has 45 heavy (non-hydrogen) atoms. The molecule has 244 valence electrons. The number of hydrogen-bond donors (Lipinski definition) is 1. The highest BCUT2D eigenvalue weighted by molar-refractivity contribution is 6.32. The first kappa shape index (κ1) is 32.0. The minimum absolute atomic E-state index is 0.0892. The van der Waals surface area contributed by atoms with Gasteiger partial charge in [-0.1, -0.05) is 70.5 Å². The molecule has 7 nitrogen and oxygen atoms in total. The maximum absolute atomic E-state index is 14.5. The summed E-state index contributed by atoms with van der Waals surface area (Å²) in [6.07, 6.45) is 10.3. The van der Waals surface area contributed by atoms with E-state index < -0.39 is 11.9 Å². The molecule has 0 saturated heterocycles. The van der Waals surface area contributed by atoms with Crippen LogP contribution in [0.3, 0.4) is 0 Å². The molecule has 1 N–H and O–H groups in total. The zero-order valence-electron chi connectivity index (χ0n) is 27.9. The van der Waals surface area contributed by atoms with Crippen LogP contribution in [-0.2, 0) is 35.3 Å². The number of rotatable bonds is 4. The second-order valence-corrected chi connectivity index (χ2v) is 16.3. The predicted octanol–water partition coefficient (Wildman–Crippen LogP) is 6.59. The van der Waals surface area contributed by atoms with Crippen LogP contribution in [0, 0.1) is 51.2 Å². The Balaban J connectivity index is 1.24. The summed E-state index contributed by atoms with van der Waals surface area (Å²) in [5.41, 5.74) is 1.75. The zero-order valence-corrected chi connectivity index (χ0v) is 27.9. The molecule has 0 spiro atoms. The lowest BCUT2D eigenvalue weighted by molar-refractivity contribution is -0.175. The van der Waals surface area contributed by atoms with E-state index in [1.54, 1.807) is 0 Å². The highest BCUT2D eigenvalue weighted by Crippen LogP contribution is 2.71. The van der Waals surface area contributed by atoms with Crippen molar-refractivity contribution in [3.05, 3.63) is 47.5 Å². The van der Waals surface area contributed by atoms with Crippen molar-refractivity contribution in [3.8, 4) is 0 Å². The van der Waals surface area contributed by atoms with Crippen molar-refractivity contribution in [2.75, 3.05) is 7.11 Å². The molecular formula is C38H51NO6. The number of hydrogen-bond acceptors (Lipinski definition) is 6. The second kappa shape index (κ2) is 11.4. The molecule has 4 saturated carbocycles. The smallest absolute Gasteiger partial charge is 0.396 e. The third-order valence-corrected chi connectivity index (χ3v) is 13.7. The normalized spacial score (nSPS) is 40.0. The molecule has 0 heterocycles. The fourth-order valence-corrected chi connectivity index (χ4v) is 11.4. The summed E-state index contributed by atoms with van der Waals surface area (Å²) in [6.45, 7) is 11.8. The molecule has 1 aromatic carbocycles. The molecule has 1 aromatic rings. The highest BCUT2D eigenvalue weighted by Gasteiger charge is 2.66. The van der Waals surface area contributed by atoms with Gasteiger partial charge in [0, 0.05) is 12.0 Å². The van der Waals surface area contributed by atoms with Gasteiger partial charge in [0.15, 0.2) is 5.78 Å². The number of esters is 2. The molecule has 0 aromatic heterocycles. The largest absolute Gasteiger partial charge is 0.462 e. The van der Waals surface area contributed by atoms with Gasteiger partial charge in [0.2, 0.25) is 0 Å². The van der Waals surface area contributed by atoms with Crippen LogP contribution in [0.15, 0.2) is 42.0 Å². The predicted molar refractivity (Wildman–Crippen MR) is 170 cm³/mol. The molecule has 9 atom stereocenters. The van der Waals surface area contributed by atoms with E-state index in [-0.39, 0.29) is 63.1 Å². The van der Waals surface area contributed by atoms with Gasteiger partial charge in [-0.25, -0.2) is 4.79 Å². The molecule has 6 rings (SSSR count). The molecule has 0 bridgehead atoms. The Morgan fingerprint density at radius 1 is 0.867 bits per heavy atom. The van der Waals surface area contributed by atoms with E-state index >= 15 is 0 Å². The number of allylic oxidation sites excluding steroid dienone is 2. The van der Waals surface area contributed by atoms with Crippen molar-refractivity contribution < 1.29 is 28.7 Å². The van der Waals surface area contributed by atoms with Crippen molar-refractivity contribution in [2.24, 2.45) is 51.2 Å². The zero-order chi connectivity index (χ0) is 32.4. The van der Waals surface area contributed by atoms with Gasteiger partial charge in [0.1, 0.15) is 6.61 Å². The third kappa shape index (κ3) is 5.17. The van der Waals surface area contributed by atoms with Gasteiger partial charge in [-0.3, -0.25) is 14.4 Å². The SMILES string of the molecule is COC(=O)C(=O)NC1CCC2(C)C(CCC3(C)C4CCC5(C)CCC(C(=O)OCc6ccccc6)CC5C4=CC(=O)C32)C1(C)C. The van der Waals surface area contributed by atoms with Gasteiger partial charge in [-0.05, 0) is 109 Å². The lowest BCUT2D eigenvalue weighted by atomic mass is 9.37. The lowest BCUT2D eigenvalue weighted by Gasteiger charge is -2.67. The van der Waals surface area contributed by atoms with Gasteiger partial charge < -0.3 is 14.8 Å². The van der Waals surface area contributed by atoms with Crippen LogP contribution in [0.25, 0.3) is 0 Å². The van der Waals surface area contributed by atoms with Gasteiger partial charge in [0.05, 0.1) is 13.0 Å². The van der Waals surface area contributed by atoms with Gasteiger partial charge in [0.25, 0.3) is 0 Å². The summed E-state index contributed by atoms with van der Waals surface area (Å²) in [5, 5.41) is 2.97. The molecule has 9 unspecified atom stereocenters. The Hall–Kier alpha value is -2.96. The molecule has 4 fully saturated rings. The fraction of sp³-hybridized carbons (Fsp3) is 0.684. The summed E-state index contributed by atoms with van der Waals surface area (Å²) in [7, 11) is 1.22. The minimum atomic E-state index is -0.866. The number of ether oxygens (including phenoxy) is 2. The maximum atomic E-state index is 14.5. The number of ketones is 1. The number of methoxy groups -OCH3 is 1. The van der Waals surface area contributed by atoms with Crippen LogP contribution in [0.5, 0.6) is 0 Å². The molecule has 0 radical (unpaired) electrons. The second-order valence-electron chi connectivity index (χ2n) is 16.3. The monoisotopic (exact) mass is 617 g/mol. The summed E-state index contributed by atoms with van der Waals surface area (Å²) >= 11 is 0. The topological polar surface area (TPSA) is 98.8 Å². The quantitative estimate of drug-likeness (QED) is 0.303. The lowest BCUT2D eigenvalue weighted by Crippen LogP contribution is -2.65. The van der Waals surface area contributed by atoms with Crippen LogP contribution in [0.4, 0.5) is 0 Å². The van der Waals surface area contributed by atoms with Crippen LogP contribution in [0.2, 0.25) is 0 Å². The fourth-order valence-electron chi connectivity index (χ4n) is 11.4.